The minimum Gasteiger partial charge on any atom is -0.508 e. The first-order valence-corrected chi connectivity index (χ1v) is 11.3. The SMILES string of the molecule is CCCO.O=C1CC(c2ccc(-c3ccc(P(O)O)cc3)cc2O)N1c1ccccc1. The van der Waals surface area contributed by atoms with Gasteiger partial charge in [-0.3, -0.25) is 4.79 Å². The summed E-state index contributed by atoms with van der Waals surface area (Å²) in [6.45, 7) is 2.25. The lowest BCUT2D eigenvalue weighted by Gasteiger charge is -2.41. The molecule has 0 aromatic heterocycles. The maximum atomic E-state index is 12.1. The molecular formula is C24H26NO5P. The van der Waals surface area contributed by atoms with Crippen molar-refractivity contribution in [2.45, 2.75) is 25.8 Å². The Morgan fingerprint density at radius 2 is 1.58 bits per heavy atom. The van der Waals surface area contributed by atoms with E-state index in [1.807, 2.05) is 49.4 Å². The zero-order valence-electron chi connectivity index (χ0n) is 17.2. The molecule has 3 aromatic carbocycles. The van der Waals surface area contributed by atoms with E-state index in [9.17, 15) is 19.7 Å². The number of benzene rings is 3. The topological polar surface area (TPSA) is 101 Å². The van der Waals surface area contributed by atoms with E-state index in [-0.39, 0.29) is 17.7 Å². The second-order valence-electron chi connectivity index (χ2n) is 7.15. The van der Waals surface area contributed by atoms with Crippen LogP contribution in [0.25, 0.3) is 11.1 Å². The molecule has 1 aliphatic rings. The number of rotatable bonds is 5. The number of aliphatic hydroxyl groups excluding tert-OH is 1. The van der Waals surface area contributed by atoms with Crippen molar-refractivity contribution in [1.29, 1.82) is 0 Å². The summed E-state index contributed by atoms with van der Waals surface area (Å²) in [6.07, 6.45) is 1.24. The highest BCUT2D eigenvalue weighted by Gasteiger charge is 2.39. The molecule has 7 heteroatoms. The molecular weight excluding hydrogens is 413 g/mol. The summed E-state index contributed by atoms with van der Waals surface area (Å²) in [6, 6.07) is 21.6. The van der Waals surface area contributed by atoms with Crippen molar-refractivity contribution in [1.82, 2.24) is 0 Å². The van der Waals surface area contributed by atoms with Gasteiger partial charge in [0.05, 0.1) is 12.5 Å². The van der Waals surface area contributed by atoms with E-state index in [0.29, 0.717) is 23.9 Å². The molecule has 1 amide bonds. The first-order valence-electron chi connectivity index (χ1n) is 10.1. The molecule has 4 N–H and O–H groups in total. The molecule has 31 heavy (non-hydrogen) atoms. The summed E-state index contributed by atoms with van der Waals surface area (Å²) in [5, 5.41) is 18.9. The van der Waals surface area contributed by atoms with Gasteiger partial charge in [0.15, 0.2) is 8.38 Å². The van der Waals surface area contributed by atoms with Gasteiger partial charge in [-0.15, -0.1) is 0 Å². The fraction of sp³-hybridized carbons (Fsp3) is 0.208. The van der Waals surface area contributed by atoms with Crippen LogP contribution in [0.4, 0.5) is 5.69 Å². The normalized spacial score (nSPS) is 15.3. The molecule has 0 aliphatic carbocycles. The Kier molecular flexibility index (Phi) is 7.77. The van der Waals surface area contributed by atoms with Gasteiger partial charge in [0, 0.05) is 23.2 Å². The molecule has 6 nitrogen and oxygen atoms in total. The fourth-order valence-corrected chi connectivity index (χ4v) is 3.79. The summed E-state index contributed by atoms with van der Waals surface area (Å²) < 4.78 is 0. The van der Waals surface area contributed by atoms with Gasteiger partial charge in [0.1, 0.15) is 5.75 Å². The number of amides is 1. The molecule has 1 fully saturated rings. The molecule has 0 spiro atoms. The van der Waals surface area contributed by atoms with Gasteiger partial charge >= 0.3 is 0 Å². The van der Waals surface area contributed by atoms with Crippen LogP contribution in [0.5, 0.6) is 5.75 Å². The molecule has 162 valence electrons. The first-order chi connectivity index (χ1) is 15.0. The van der Waals surface area contributed by atoms with Crippen molar-refractivity contribution >= 4 is 25.3 Å². The number of phenolic OH excluding ortho intramolecular Hbond substituents is 1. The van der Waals surface area contributed by atoms with E-state index in [4.69, 9.17) is 5.11 Å². The molecule has 0 bridgehead atoms. The average molecular weight is 439 g/mol. The Hall–Kier alpha value is -2.76. The molecule has 0 saturated carbocycles. The average Bonchev–Trinajstić information content (AvgIpc) is 2.78. The summed E-state index contributed by atoms with van der Waals surface area (Å²) in [7, 11) is -2.11. The van der Waals surface area contributed by atoms with Crippen molar-refractivity contribution in [2.75, 3.05) is 11.5 Å². The van der Waals surface area contributed by atoms with Gasteiger partial charge in [0.2, 0.25) is 5.91 Å². The number of aliphatic hydroxyl groups is 1. The summed E-state index contributed by atoms with van der Waals surface area (Å²) in [5.41, 5.74) is 3.22. The highest BCUT2D eigenvalue weighted by molar-refractivity contribution is 7.54. The molecule has 3 aromatic rings. The van der Waals surface area contributed by atoms with Gasteiger partial charge in [-0.25, -0.2) is 0 Å². The fourth-order valence-electron chi connectivity index (χ4n) is 3.37. The molecule has 1 atom stereocenters. The first kappa shape index (κ1) is 22.9. The lowest BCUT2D eigenvalue weighted by Crippen LogP contribution is -2.46. The number of β-lactam (4-membered cyclic amide) rings is 1. The van der Waals surface area contributed by atoms with Crippen LogP contribution in [0, 0.1) is 0 Å². The van der Waals surface area contributed by atoms with Crippen LogP contribution in [0.15, 0.2) is 72.8 Å². The van der Waals surface area contributed by atoms with Gasteiger partial charge < -0.3 is 24.9 Å². The zero-order valence-corrected chi connectivity index (χ0v) is 18.1. The number of hydrogen-bond donors (Lipinski definition) is 4. The molecule has 1 saturated heterocycles. The number of hydrogen-bond acceptors (Lipinski definition) is 5. The minimum atomic E-state index is -2.11. The van der Waals surface area contributed by atoms with E-state index in [2.05, 4.69) is 0 Å². The predicted octanol–water partition coefficient (Wildman–Crippen LogP) is 3.85. The van der Waals surface area contributed by atoms with Crippen LogP contribution in [-0.4, -0.2) is 32.5 Å². The Labute approximate surface area is 183 Å². The van der Waals surface area contributed by atoms with Gasteiger partial charge in [-0.2, -0.15) is 0 Å². The Morgan fingerprint density at radius 1 is 0.968 bits per heavy atom. The monoisotopic (exact) mass is 439 g/mol. The molecule has 1 heterocycles. The second kappa shape index (κ2) is 10.5. The summed E-state index contributed by atoms with van der Waals surface area (Å²) in [4.78, 5) is 32.3. The van der Waals surface area contributed by atoms with Crippen molar-refractivity contribution in [3.8, 4) is 16.9 Å². The largest absolute Gasteiger partial charge is 0.508 e. The smallest absolute Gasteiger partial charge is 0.230 e. The third kappa shape index (κ3) is 5.30. The summed E-state index contributed by atoms with van der Waals surface area (Å²) in [5.74, 6) is 0.177. The third-order valence-electron chi connectivity index (χ3n) is 5.03. The number of carbonyl (C=O) groups is 1. The Balaban J connectivity index is 0.000000628. The number of phenols is 1. The van der Waals surface area contributed by atoms with Crippen LogP contribution in [-0.2, 0) is 4.79 Å². The zero-order chi connectivity index (χ0) is 22.4. The van der Waals surface area contributed by atoms with Crippen LogP contribution >= 0.6 is 8.38 Å². The molecule has 0 radical (unpaired) electrons. The lowest BCUT2D eigenvalue weighted by molar-refractivity contribution is -0.124. The summed E-state index contributed by atoms with van der Waals surface area (Å²) >= 11 is 0. The van der Waals surface area contributed by atoms with E-state index >= 15 is 0 Å². The van der Waals surface area contributed by atoms with Crippen LogP contribution < -0.4 is 10.2 Å². The van der Waals surface area contributed by atoms with Gasteiger partial charge in [-0.05, 0) is 47.9 Å². The van der Waals surface area contributed by atoms with Crippen molar-refractivity contribution < 1.29 is 24.8 Å². The lowest BCUT2D eigenvalue weighted by atomic mass is 9.90. The van der Waals surface area contributed by atoms with Crippen LogP contribution in [0.3, 0.4) is 0 Å². The third-order valence-corrected chi connectivity index (χ3v) is 5.79. The van der Waals surface area contributed by atoms with E-state index in [0.717, 1.165) is 23.2 Å². The Bertz CT molecular complexity index is 1010. The van der Waals surface area contributed by atoms with Crippen molar-refractivity contribution in [3.05, 3.63) is 78.4 Å². The highest BCUT2D eigenvalue weighted by Crippen LogP contribution is 2.42. The van der Waals surface area contributed by atoms with E-state index < -0.39 is 8.38 Å². The molecule has 4 rings (SSSR count). The van der Waals surface area contributed by atoms with Gasteiger partial charge in [-0.1, -0.05) is 49.4 Å². The maximum absolute atomic E-state index is 12.1. The minimum absolute atomic E-state index is 0.0368. The van der Waals surface area contributed by atoms with Crippen molar-refractivity contribution in [3.63, 3.8) is 0 Å². The van der Waals surface area contributed by atoms with Crippen LogP contribution in [0.2, 0.25) is 0 Å². The predicted molar refractivity (Wildman–Crippen MR) is 123 cm³/mol. The standard InChI is InChI=1S/C21H18NO4P.C3H8O/c23-20-12-15(14-6-9-17(10-7-14)27(25)26)8-11-18(20)19-13-21(24)22(19)16-4-2-1-3-5-16;1-2-3-4/h1-12,19,23,25-26H,13H2;4H,2-3H2,1H3. The van der Waals surface area contributed by atoms with E-state index in [1.54, 1.807) is 35.2 Å². The quantitative estimate of drug-likeness (QED) is 0.357. The molecule has 1 aliphatic heterocycles. The molecule has 1 unspecified atom stereocenters. The Morgan fingerprint density at radius 3 is 2.10 bits per heavy atom. The number of nitrogens with zero attached hydrogens (tertiary/aromatic N) is 1. The maximum Gasteiger partial charge on any atom is 0.230 e. The second-order valence-corrected chi connectivity index (χ2v) is 8.25. The number of para-hydroxylation sites is 1. The van der Waals surface area contributed by atoms with Crippen molar-refractivity contribution in [2.24, 2.45) is 0 Å². The van der Waals surface area contributed by atoms with Gasteiger partial charge in [0.25, 0.3) is 0 Å². The number of anilines is 1. The number of aromatic hydroxyl groups is 1. The van der Waals surface area contributed by atoms with Crippen LogP contribution in [0.1, 0.15) is 31.4 Å². The highest BCUT2D eigenvalue weighted by atomic mass is 31.2. The number of carbonyl (C=O) groups excluding carboxylic acids is 1. The van der Waals surface area contributed by atoms with E-state index in [1.165, 1.54) is 0 Å².